The number of ether oxygens (including phenoxy) is 1. The highest BCUT2D eigenvalue weighted by Crippen LogP contribution is 2.26. The van der Waals surface area contributed by atoms with Crippen molar-refractivity contribution in [2.24, 2.45) is 0 Å². The van der Waals surface area contributed by atoms with Crippen LogP contribution < -0.4 is 4.90 Å². The van der Waals surface area contributed by atoms with Crippen LogP contribution >= 0.6 is 0 Å². The van der Waals surface area contributed by atoms with E-state index in [0.717, 1.165) is 30.0 Å². The quantitative estimate of drug-likeness (QED) is 0.458. The number of aromatic nitrogens is 5. The number of nitrogens with zero attached hydrogens (tertiary/aromatic N) is 7. The van der Waals surface area contributed by atoms with Gasteiger partial charge in [0.2, 0.25) is 5.95 Å². The summed E-state index contributed by atoms with van der Waals surface area (Å²) in [6, 6.07) is 22.0. The number of para-hydroxylation sites is 2. The Morgan fingerprint density at radius 2 is 1.62 bits per heavy atom. The molecule has 32 heavy (non-hydrogen) atoms. The van der Waals surface area contributed by atoms with Gasteiger partial charge in [-0.15, -0.1) is 10.2 Å². The molecule has 0 radical (unpaired) electrons. The highest BCUT2D eigenvalue weighted by atomic mass is 16.5. The summed E-state index contributed by atoms with van der Waals surface area (Å²) in [6.07, 6.45) is 5.41. The third-order valence-corrected chi connectivity index (χ3v) is 5.25. The first-order chi connectivity index (χ1) is 15.8. The van der Waals surface area contributed by atoms with Gasteiger partial charge in [-0.1, -0.05) is 36.4 Å². The van der Waals surface area contributed by atoms with Crippen LogP contribution in [0.2, 0.25) is 0 Å². The van der Waals surface area contributed by atoms with Gasteiger partial charge in [-0.3, -0.25) is 4.57 Å². The number of morpholine rings is 1. The third-order valence-electron chi connectivity index (χ3n) is 5.25. The second-order valence-electron chi connectivity index (χ2n) is 7.32. The van der Waals surface area contributed by atoms with Gasteiger partial charge in [0.25, 0.3) is 0 Å². The lowest BCUT2D eigenvalue weighted by Gasteiger charge is -2.28. The van der Waals surface area contributed by atoms with E-state index in [0.29, 0.717) is 30.6 Å². The molecule has 1 aliphatic heterocycles. The van der Waals surface area contributed by atoms with Gasteiger partial charge in [0.1, 0.15) is 6.07 Å². The molecule has 4 aromatic rings. The SMILES string of the molecule is N#C/C(=C\c1cnn(-c2ccccc2)c1)c1nnc(N2CCOCC2)n1-c1ccccc1. The van der Waals surface area contributed by atoms with E-state index < -0.39 is 0 Å². The van der Waals surface area contributed by atoms with Gasteiger partial charge < -0.3 is 9.64 Å². The number of hydrogen-bond acceptors (Lipinski definition) is 6. The van der Waals surface area contributed by atoms with Crippen LogP contribution in [0.25, 0.3) is 23.0 Å². The maximum Gasteiger partial charge on any atom is 0.232 e. The highest BCUT2D eigenvalue weighted by molar-refractivity contribution is 5.88. The molecule has 1 saturated heterocycles. The molecule has 1 aliphatic rings. The molecule has 0 unspecified atom stereocenters. The van der Waals surface area contributed by atoms with E-state index in [1.54, 1.807) is 17.0 Å². The lowest BCUT2D eigenvalue weighted by atomic mass is 10.2. The lowest BCUT2D eigenvalue weighted by molar-refractivity contribution is 0.122. The molecule has 3 heterocycles. The molecule has 5 rings (SSSR count). The average Bonchev–Trinajstić information content (AvgIpc) is 3.52. The average molecular weight is 423 g/mol. The predicted octanol–water partition coefficient (Wildman–Crippen LogP) is 3.35. The standard InChI is InChI=1S/C24H21N7O/c25-16-20(15-19-17-26-30(18-19)21-7-3-1-4-8-21)23-27-28-24(29-11-13-32-14-12-29)31(23)22-9-5-2-6-10-22/h1-10,15,17-18H,11-14H2/b20-15+. The van der Waals surface area contributed by atoms with Crippen LogP contribution in [0.5, 0.6) is 0 Å². The van der Waals surface area contributed by atoms with Crippen molar-refractivity contribution in [1.29, 1.82) is 5.26 Å². The first kappa shape index (κ1) is 19.7. The molecule has 0 amide bonds. The molecule has 0 spiro atoms. The van der Waals surface area contributed by atoms with Crippen LogP contribution in [-0.4, -0.2) is 50.8 Å². The molecule has 2 aromatic heterocycles. The van der Waals surface area contributed by atoms with Crippen molar-refractivity contribution >= 4 is 17.6 Å². The number of hydrogen-bond donors (Lipinski definition) is 0. The summed E-state index contributed by atoms with van der Waals surface area (Å²) >= 11 is 0. The molecule has 8 nitrogen and oxygen atoms in total. The van der Waals surface area contributed by atoms with Crippen LogP contribution in [0.15, 0.2) is 73.1 Å². The maximum absolute atomic E-state index is 10.00. The molecule has 0 aliphatic carbocycles. The topological polar surface area (TPSA) is 84.8 Å². The largest absolute Gasteiger partial charge is 0.378 e. The van der Waals surface area contributed by atoms with E-state index in [2.05, 4.69) is 26.3 Å². The molecule has 0 N–H and O–H groups in total. The van der Waals surface area contributed by atoms with Crippen LogP contribution in [0.3, 0.4) is 0 Å². The van der Waals surface area contributed by atoms with Gasteiger partial charge >= 0.3 is 0 Å². The fraction of sp³-hybridized carbons (Fsp3) is 0.167. The Kier molecular flexibility index (Phi) is 5.47. The molecule has 0 saturated carbocycles. The molecular formula is C24H21N7O. The molecule has 158 valence electrons. The van der Waals surface area contributed by atoms with E-state index in [4.69, 9.17) is 4.74 Å². The third kappa shape index (κ3) is 3.89. The predicted molar refractivity (Wildman–Crippen MR) is 121 cm³/mol. The first-order valence-corrected chi connectivity index (χ1v) is 10.4. The van der Waals surface area contributed by atoms with Crippen molar-refractivity contribution < 1.29 is 4.74 Å². The Morgan fingerprint density at radius 3 is 2.31 bits per heavy atom. The fourth-order valence-corrected chi connectivity index (χ4v) is 3.68. The summed E-state index contributed by atoms with van der Waals surface area (Å²) < 4.78 is 9.20. The normalized spacial score (nSPS) is 14.3. The van der Waals surface area contributed by atoms with Crippen molar-refractivity contribution in [1.82, 2.24) is 24.5 Å². The Balaban J connectivity index is 1.56. The number of rotatable bonds is 5. The van der Waals surface area contributed by atoms with Crippen molar-refractivity contribution in [3.8, 4) is 17.4 Å². The summed E-state index contributed by atoms with van der Waals surface area (Å²) in [5.41, 5.74) is 3.07. The van der Waals surface area contributed by atoms with Crippen molar-refractivity contribution in [3.05, 3.63) is 84.4 Å². The Labute approximate surface area is 185 Å². The van der Waals surface area contributed by atoms with Gasteiger partial charge in [0.05, 0.1) is 36.4 Å². The molecule has 1 fully saturated rings. The highest BCUT2D eigenvalue weighted by Gasteiger charge is 2.23. The van der Waals surface area contributed by atoms with Gasteiger partial charge in [0.15, 0.2) is 5.82 Å². The van der Waals surface area contributed by atoms with Crippen molar-refractivity contribution in [2.75, 3.05) is 31.2 Å². The second kappa shape index (κ2) is 8.88. The van der Waals surface area contributed by atoms with E-state index in [1.165, 1.54) is 0 Å². The van der Waals surface area contributed by atoms with Crippen LogP contribution in [0, 0.1) is 11.3 Å². The van der Waals surface area contributed by atoms with Crippen molar-refractivity contribution in [3.63, 3.8) is 0 Å². The van der Waals surface area contributed by atoms with Gasteiger partial charge in [-0.05, 0) is 30.3 Å². The van der Waals surface area contributed by atoms with E-state index in [-0.39, 0.29) is 0 Å². The summed E-state index contributed by atoms with van der Waals surface area (Å²) in [5.74, 6) is 1.20. The molecule has 0 bridgehead atoms. The minimum absolute atomic E-state index is 0.411. The number of nitriles is 1. The summed E-state index contributed by atoms with van der Waals surface area (Å²) in [6.45, 7) is 2.72. The summed E-state index contributed by atoms with van der Waals surface area (Å²) in [4.78, 5) is 2.13. The number of allylic oxidation sites excluding steroid dienone is 1. The Hall–Kier alpha value is -4.22. The maximum atomic E-state index is 10.00. The minimum atomic E-state index is 0.411. The summed E-state index contributed by atoms with van der Waals surface area (Å²) in [5, 5.41) is 23.3. The zero-order valence-electron chi connectivity index (χ0n) is 17.4. The second-order valence-corrected chi connectivity index (χ2v) is 7.32. The van der Waals surface area contributed by atoms with Gasteiger partial charge in [-0.2, -0.15) is 10.4 Å². The Morgan fingerprint density at radius 1 is 0.938 bits per heavy atom. The van der Waals surface area contributed by atoms with E-state index in [1.807, 2.05) is 71.4 Å². The summed E-state index contributed by atoms with van der Waals surface area (Å²) in [7, 11) is 0. The molecule has 8 heteroatoms. The van der Waals surface area contributed by atoms with E-state index >= 15 is 0 Å². The first-order valence-electron chi connectivity index (χ1n) is 10.4. The van der Waals surface area contributed by atoms with Crippen molar-refractivity contribution in [2.45, 2.75) is 0 Å². The number of benzene rings is 2. The zero-order chi connectivity index (χ0) is 21.8. The monoisotopic (exact) mass is 423 g/mol. The number of anilines is 1. The van der Waals surface area contributed by atoms with Crippen LogP contribution in [0.1, 0.15) is 11.4 Å². The Bertz CT molecular complexity index is 1260. The molecule has 2 aromatic carbocycles. The smallest absolute Gasteiger partial charge is 0.232 e. The molecule has 0 atom stereocenters. The lowest BCUT2D eigenvalue weighted by Crippen LogP contribution is -2.38. The zero-order valence-corrected chi connectivity index (χ0v) is 17.4. The fourth-order valence-electron chi connectivity index (χ4n) is 3.68. The van der Waals surface area contributed by atoms with Crippen LogP contribution in [0.4, 0.5) is 5.95 Å². The van der Waals surface area contributed by atoms with Crippen LogP contribution in [-0.2, 0) is 4.74 Å². The minimum Gasteiger partial charge on any atom is -0.378 e. The van der Waals surface area contributed by atoms with Gasteiger partial charge in [0, 0.05) is 24.8 Å². The van der Waals surface area contributed by atoms with E-state index in [9.17, 15) is 5.26 Å². The molecular weight excluding hydrogens is 402 g/mol. The van der Waals surface area contributed by atoms with Gasteiger partial charge in [-0.25, -0.2) is 4.68 Å².